The molecule has 2 N–H and O–H groups in total. The molecule has 0 amide bonds. The summed E-state index contributed by atoms with van der Waals surface area (Å²) in [6.07, 6.45) is 0. The van der Waals surface area contributed by atoms with Crippen LogP contribution in [0.1, 0.15) is 36.6 Å². The molecule has 1 aromatic rings. The molecule has 2 atom stereocenters. The Bertz CT molecular complexity index is 413. The highest BCUT2D eigenvalue weighted by atomic mass is 16.3. The van der Waals surface area contributed by atoms with E-state index in [2.05, 4.69) is 44.3 Å². The zero-order valence-electron chi connectivity index (χ0n) is 13.1. The van der Waals surface area contributed by atoms with Gasteiger partial charge in [-0.05, 0) is 52.9 Å². The number of aryl methyl sites for hydroxylation is 2. The first kappa shape index (κ1) is 16.2. The molecule has 108 valence electrons. The van der Waals surface area contributed by atoms with Gasteiger partial charge in [-0.3, -0.25) is 0 Å². The minimum absolute atomic E-state index is 0.244. The van der Waals surface area contributed by atoms with Gasteiger partial charge in [-0.25, -0.2) is 0 Å². The van der Waals surface area contributed by atoms with Gasteiger partial charge in [0.2, 0.25) is 0 Å². The van der Waals surface area contributed by atoms with Gasteiger partial charge in [0.1, 0.15) is 0 Å². The quantitative estimate of drug-likeness (QED) is 0.827. The first-order valence-electron chi connectivity index (χ1n) is 6.89. The fourth-order valence-electron chi connectivity index (χ4n) is 2.45. The highest BCUT2D eigenvalue weighted by Gasteiger charge is 2.22. The van der Waals surface area contributed by atoms with Crippen LogP contribution in [0.3, 0.4) is 0 Å². The van der Waals surface area contributed by atoms with Crippen molar-refractivity contribution in [3.8, 4) is 0 Å². The molecule has 0 aliphatic carbocycles. The Labute approximate surface area is 117 Å². The van der Waals surface area contributed by atoms with Crippen LogP contribution in [-0.4, -0.2) is 42.8 Å². The van der Waals surface area contributed by atoms with E-state index in [1.54, 1.807) is 0 Å². The van der Waals surface area contributed by atoms with Crippen molar-refractivity contribution < 1.29 is 5.11 Å². The van der Waals surface area contributed by atoms with Crippen molar-refractivity contribution in [2.24, 2.45) is 0 Å². The van der Waals surface area contributed by atoms with Gasteiger partial charge in [0, 0.05) is 19.1 Å². The molecule has 1 aromatic carbocycles. The zero-order chi connectivity index (χ0) is 14.6. The number of aliphatic hydroxyl groups is 1. The second kappa shape index (κ2) is 6.51. The molecule has 0 bridgehead atoms. The van der Waals surface area contributed by atoms with Gasteiger partial charge in [-0.15, -0.1) is 0 Å². The molecule has 0 aliphatic rings. The van der Waals surface area contributed by atoms with Gasteiger partial charge in [0.05, 0.1) is 5.60 Å². The molecule has 0 heterocycles. The van der Waals surface area contributed by atoms with Crippen LogP contribution in [0.25, 0.3) is 0 Å². The molecule has 1 rings (SSSR count). The molecule has 0 radical (unpaired) electrons. The first-order chi connectivity index (χ1) is 8.71. The van der Waals surface area contributed by atoms with Gasteiger partial charge in [0.15, 0.2) is 0 Å². The Morgan fingerprint density at radius 2 is 1.95 bits per heavy atom. The predicted molar refractivity (Wildman–Crippen MR) is 81.5 cm³/mol. The summed E-state index contributed by atoms with van der Waals surface area (Å²) in [4.78, 5) is 2.00. The maximum absolute atomic E-state index is 10.3. The Balaban J connectivity index is 2.65. The van der Waals surface area contributed by atoms with Gasteiger partial charge < -0.3 is 15.3 Å². The van der Waals surface area contributed by atoms with E-state index in [1.165, 1.54) is 16.7 Å². The number of likely N-dealkylation sites (N-methyl/N-ethyl adjacent to an activating group) is 1. The lowest BCUT2D eigenvalue weighted by molar-refractivity contribution is 0.0317. The molecule has 0 saturated carbocycles. The van der Waals surface area contributed by atoms with E-state index in [0.717, 1.165) is 0 Å². The maximum Gasteiger partial charge on any atom is 0.0869 e. The number of nitrogens with one attached hydrogen (secondary N) is 1. The number of hydrogen-bond donors (Lipinski definition) is 2. The monoisotopic (exact) mass is 264 g/mol. The van der Waals surface area contributed by atoms with Gasteiger partial charge >= 0.3 is 0 Å². The summed E-state index contributed by atoms with van der Waals surface area (Å²) in [7, 11) is 3.95. The molecule has 0 saturated heterocycles. The van der Waals surface area contributed by atoms with Crippen LogP contribution in [0.2, 0.25) is 0 Å². The summed E-state index contributed by atoms with van der Waals surface area (Å²) in [6.45, 7) is 9.49. The van der Waals surface area contributed by atoms with Crippen LogP contribution in [0.4, 0.5) is 0 Å². The van der Waals surface area contributed by atoms with Crippen molar-refractivity contribution in [2.45, 2.75) is 39.3 Å². The maximum atomic E-state index is 10.3. The van der Waals surface area contributed by atoms with E-state index < -0.39 is 5.60 Å². The normalized spacial score (nSPS) is 16.4. The summed E-state index contributed by atoms with van der Waals surface area (Å²) < 4.78 is 0. The Morgan fingerprint density at radius 1 is 1.32 bits per heavy atom. The average molecular weight is 264 g/mol. The number of hydrogen-bond acceptors (Lipinski definition) is 3. The smallest absolute Gasteiger partial charge is 0.0869 e. The third-order valence-electron chi connectivity index (χ3n) is 3.35. The largest absolute Gasteiger partial charge is 0.388 e. The van der Waals surface area contributed by atoms with Crippen molar-refractivity contribution in [3.05, 3.63) is 34.9 Å². The second-order valence-electron chi connectivity index (χ2n) is 6.20. The Hall–Kier alpha value is -0.900. The molecule has 19 heavy (non-hydrogen) atoms. The molecular formula is C16H28N2O. The zero-order valence-corrected chi connectivity index (χ0v) is 13.1. The van der Waals surface area contributed by atoms with Crippen LogP contribution in [0, 0.1) is 13.8 Å². The van der Waals surface area contributed by atoms with E-state index in [9.17, 15) is 5.11 Å². The number of benzene rings is 1. The van der Waals surface area contributed by atoms with Crippen LogP contribution in [0.15, 0.2) is 18.2 Å². The van der Waals surface area contributed by atoms with Gasteiger partial charge in [-0.2, -0.15) is 0 Å². The molecule has 0 aromatic heterocycles. The minimum Gasteiger partial charge on any atom is -0.388 e. The molecule has 3 heteroatoms. The molecule has 0 fully saturated rings. The van der Waals surface area contributed by atoms with Crippen molar-refractivity contribution in [2.75, 3.05) is 27.2 Å². The Morgan fingerprint density at radius 3 is 2.53 bits per heavy atom. The fourth-order valence-corrected chi connectivity index (χ4v) is 2.45. The summed E-state index contributed by atoms with van der Waals surface area (Å²) in [5.74, 6) is 0. The summed E-state index contributed by atoms with van der Waals surface area (Å²) in [6, 6.07) is 6.75. The number of rotatable bonds is 6. The van der Waals surface area contributed by atoms with E-state index >= 15 is 0 Å². The van der Waals surface area contributed by atoms with E-state index in [1.807, 2.05) is 25.9 Å². The predicted octanol–water partition coefficient (Wildman–Crippen LogP) is 2.27. The summed E-state index contributed by atoms with van der Waals surface area (Å²) in [5.41, 5.74) is 3.16. The van der Waals surface area contributed by atoms with E-state index in [-0.39, 0.29) is 6.04 Å². The highest BCUT2D eigenvalue weighted by molar-refractivity contribution is 5.32. The topological polar surface area (TPSA) is 35.5 Å². The van der Waals surface area contributed by atoms with E-state index in [0.29, 0.717) is 13.1 Å². The third kappa shape index (κ3) is 5.31. The lowest BCUT2D eigenvalue weighted by Crippen LogP contribution is -2.46. The molecule has 0 spiro atoms. The van der Waals surface area contributed by atoms with Crippen molar-refractivity contribution in [3.63, 3.8) is 0 Å². The molecule has 0 aliphatic heterocycles. The Kier molecular flexibility index (Phi) is 5.53. The molecule has 2 unspecified atom stereocenters. The summed E-state index contributed by atoms with van der Waals surface area (Å²) >= 11 is 0. The van der Waals surface area contributed by atoms with Crippen LogP contribution < -0.4 is 5.32 Å². The fraction of sp³-hybridized carbons (Fsp3) is 0.625. The standard InChI is InChI=1S/C16H28N2O/c1-12-7-8-13(2)15(9-12)14(3)17-10-16(4,19)11-18(5)6/h7-9,14,17,19H,10-11H2,1-6H3. The van der Waals surface area contributed by atoms with Crippen LogP contribution >= 0.6 is 0 Å². The second-order valence-corrected chi connectivity index (χ2v) is 6.20. The average Bonchev–Trinajstić information content (AvgIpc) is 2.27. The van der Waals surface area contributed by atoms with Gasteiger partial charge in [-0.1, -0.05) is 23.8 Å². The van der Waals surface area contributed by atoms with Gasteiger partial charge in [0.25, 0.3) is 0 Å². The SMILES string of the molecule is Cc1ccc(C)c(C(C)NCC(C)(O)CN(C)C)c1. The van der Waals surface area contributed by atoms with Crippen LogP contribution in [0.5, 0.6) is 0 Å². The minimum atomic E-state index is -0.713. The lowest BCUT2D eigenvalue weighted by Gasteiger charge is -2.29. The third-order valence-corrected chi connectivity index (χ3v) is 3.35. The summed E-state index contributed by atoms with van der Waals surface area (Å²) in [5, 5.41) is 13.7. The molecular weight excluding hydrogens is 236 g/mol. The lowest BCUT2D eigenvalue weighted by atomic mass is 9.99. The first-order valence-corrected chi connectivity index (χ1v) is 6.89. The van der Waals surface area contributed by atoms with Crippen LogP contribution in [-0.2, 0) is 0 Å². The highest BCUT2D eigenvalue weighted by Crippen LogP contribution is 2.19. The van der Waals surface area contributed by atoms with Crippen molar-refractivity contribution in [1.29, 1.82) is 0 Å². The van der Waals surface area contributed by atoms with E-state index in [4.69, 9.17) is 0 Å². The molecule has 3 nitrogen and oxygen atoms in total. The van der Waals surface area contributed by atoms with Crippen molar-refractivity contribution in [1.82, 2.24) is 10.2 Å². The van der Waals surface area contributed by atoms with Crippen molar-refractivity contribution >= 4 is 0 Å². The number of nitrogens with zero attached hydrogens (tertiary/aromatic N) is 1.